The van der Waals surface area contributed by atoms with Crippen LogP contribution >= 0.6 is 0 Å². The minimum Gasteiger partial charge on any atom is -0.0848 e. The van der Waals surface area contributed by atoms with Crippen molar-refractivity contribution >= 4 is 0 Å². The largest absolute Gasteiger partial charge is 0.0848 e. The predicted octanol–water partition coefficient (Wildman–Crippen LogP) is 2.85. The van der Waals surface area contributed by atoms with Gasteiger partial charge in [-0.15, -0.1) is 0 Å². The molecule has 3 aliphatic carbocycles. The SMILES string of the molecule is CC(C)(C)C1C2C=CC1C2. The third-order valence-electron chi connectivity index (χ3n) is 3.07. The number of rotatable bonds is 0. The highest BCUT2D eigenvalue weighted by molar-refractivity contribution is 5.18. The molecule has 2 unspecified atom stereocenters. The average Bonchev–Trinajstić information content (AvgIpc) is 2.08. The van der Waals surface area contributed by atoms with Gasteiger partial charge in [-0.3, -0.25) is 0 Å². The highest BCUT2D eigenvalue weighted by Crippen LogP contribution is 2.55. The van der Waals surface area contributed by atoms with Gasteiger partial charge in [-0.05, 0) is 29.6 Å². The molecule has 0 aromatic heterocycles. The Balaban J connectivity index is 2.12. The second kappa shape index (κ2) is 1.66. The first-order chi connectivity index (χ1) is 4.59. The zero-order valence-corrected chi connectivity index (χ0v) is 7.09. The molecule has 2 atom stereocenters. The van der Waals surface area contributed by atoms with Crippen molar-refractivity contribution in [1.29, 1.82) is 0 Å². The predicted molar refractivity (Wildman–Crippen MR) is 43.7 cm³/mol. The van der Waals surface area contributed by atoms with E-state index in [4.69, 9.17) is 0 Å². The molecule has 0 heteroatoms. The molecule has 0 spiro atoms. The van der Waals surface area contributed by atoms with Gasteiger partial charge in [0, 0.05) is 0 Å². The molecule has 3 aliphatic rings. The molecular weight excluding hydrogens is 120 g/mol. The fraction of sp³-hybridized carbons (Fsp3) is 0.800. The van der Waals surface area contributed by atoms with Crippen molar-refractivity contribution in [2.75, 3.05) is 0 Å². The van der Waals surface area contributed by atoms with Gasteiger partial charge in [-0.1, -0.05) is 32.9 Å². The molecule has 10 heavy (non-hydrogen) atoms. The summed E-state index contributed by atoms with van der Waals surface area (Å²) in [4.78, 5) is 0. The van der Waals surface area contributed by atoms with Crippen molar-refractivity contribution in [3.8, 4) is 0 Å². The first kappa shape index (κ1) is 6.45. The fourth-order valence-electron chi connectivity index (χ4n) is 2.70. The molecule has 0 N–H and O–H groups in total. The second-order valence-electron chi connectivity index (χ2n) is 4.84. The standard InChI is InChI=1S/C10H16/c1-10(2,3)9-7-4-5-8(9)6-7/h4-5,7-9H,6H2,1-3H3. The topological polar surface area (TPSA) is 0 Å². The minimum atomic E-state index is 0.539. The zero-order chi connectivity index (χ0) is 7.35. The van der Waals surface area contributed by atoms with E-state index in [1.807, 2.05) is 0 Å². The first-order valence-corrected chi connectivity index (χ1v) is 4.27. The van der Waals surface area contributed by atoms with Crippen molar-refractivity contribution < 1.29 is 0 Å². The molecule has 0 aliphatic heterocycles. The molecule has 0 radical (unpaired) electrons. The normalized spacial score (nSPS) is 43.7. The van der Waals surface area contributed by atoms with Gasteiger partial charge in [-0.25, -0.2) is 0 Å². The van der Waals surface area contributed by atoms with Crippen molar-refractivity contribution in [3.63, 3.8) is 0 Å². The highest BCUT2D eigenvalue weighted by Gasteiger charge is 2.48. The van der Waals surface area contributed by atoms with Crippen molar-refractivity contribution in [2.24, 2.45) is 23.2 Å². The molecule has 0 nitrogen and oxygen atoms in total. The summed E-state index contributed by atoms with van der Waals surface area (Å²) < 4.78 is 0. The molecule has 0 saturated heterocycles. The third kappa shape index (κ3) is 0.680. The Bertz CT molecular complexity index is 159. The summed E-state index contributed by atoms with van der Waals surface area (Å²) >= 11 is 0. The van der Waals surface area contributed by atoms with Gasteiger partial charge in [0.15, 0.2) is 0 Å². The number of hydrogen-bond acceptors (Lipinski definition) is 0. The molecule has 1 fully saturated rings. The molecule has 0 heterocycles. The van der Waals surface area contributed by atoms with Crippen LogP contribution in [-0.2, 0) is 0 Å². The maximum Gasteiger partial charge on any atom is -0.0189 e. The van der Waals surface area contributed by atoms with Crippen LogP contribution in [0.25, 0.3) is 0 Å². The molecule has 3 rings (SSSR count). The zero-order valence-electron chi connectivity index (χ0n) is 7.09. The van der Waals surface area contributed by atoms with Gasteiger partial charge in [0.1, 0.15) is 0 Å². The molecule has 56 valence electrons. The summed E-state index contributed by atoms with van der Waals surface area (Å²) in [6.07, 6.45) is 6.28. The van der Waals surface area contributed by atoms with E-state index in [1.54, 1.807) is 0 Å². The lowest BCUT2D eigenvalue weighted by Gasteiger charge is -2.45. The Morgan fingerprint density at radius 3 is 1.80 bits per heavy atom. The van der Waals surface area contributed by atoms with E-state index < -0.39 is 0 Å². The average molecular weight is 136 g/mol. The van der Waals surface area contributed by atoms with Crippen LogP contribution in [0.3, 0.4) is 0 Å². The smallest absolute Gasteiger partial charge is 0.0189 e. The van der Waals surface area contributed by atoms with Gasteiger partial charge < -0.3 is 0 Å². The summed E-state index contributed by atoms with van der Waals surface area (Å²) in [6.45, 7) is 7.09. The van der Waals surface area contributed by atoms with Gasteiger partial charge in [0.05, 0.1) is 0 Å². The molecular formula is C10H16. The molecule has 0 aromatic carbocycles. The lowest BCUT2D eigenvalue weighted by atomic mass is 9.59. The van der Waals surface area contributed by atoms with Gasteiger partial charge >= 0.3 is 0 Å². The van der Waals surface area contributed by atoms with Gasteiger partial charge in [0.25, 0.3) is 0 Å². The summed E-state index contributed by atoms with van der Waals surface area (Å²) in [5.74, 6) is 2.84. The van der Waals surface area contributed by atoms with Crippen LogP contribution in [-0.4, -0.2) is 0 Å². The van der Waals surface area contributed by atoms with E-state index in [2.05, 4.69) is 32.9 Å². The Kier molecular flexibility index (Phi) is 1.07. The van der Waals surface area contributed by atoms with E-state index in [1.165, 1.54) is 6.42 Å². The first-order valence-electron chi connectivity index (χ1n) is 4.27. The van der Waals surface area contributed by atoms with Crippen LogP contribution in [0.2, 0.25) is 0 Å². The van der Waals surface area contributed by atoms with E-state index >= 15 is 0 Å². The summed E-state index contributed by atoms with van der Waals surface area (Å²) in [5, 5.41) is 0. The van der Waals surface area contributed by atoms with Crippen molar-refractivity contribution in [1.82, 2.24) is 0 Å². The number of allylic oxidation sites excluding steroid dienone is 2. The quantitative estimate of drug-likeness (QED) is 0.449. The Hall–Kier alpha value is -0.260. The summed E-state index contributed by atoms with van der Waals surface area (Å²) in [7, 11) is 0. The van der Waals surface area contributed by atoms with Crippen LogP contribution in [0, 0.1) is 23.2 Å². The van der Waals surface area contributed by atoms with Crippen LogP contribution in [0.15, 0.2) is 12.2 Å². The lowest BCUT2D eigenvalue weighted by molar-refractivity contribution is 0.0555. The van der Waals surface area contributed by atoms with Gasteiger partial charge in [-0.2, -0.15) is 0 Å². The minimum absolute atomic E-state index is 0.539. The Labute approximate surface area is 63.3 Å². The monoisotopic (exact) mass is 136 g/mol. The van der Waals surface area contributed by atoms with E-state index in [0.717, 1.165) is 17.8 Å². The number of hydrogen-bond donors (Lipinski definition) is 0. The molecule has 0 amide bonds. The lowest BCUT2D eigenvalue weighted by Crippen LogP contribution is -2.38. The van der Waals surface area contributed by atoms with Crippen LogP contribution in [0.1, 0.15) is 27.2 Å². The fourth-order valence-corrected chi connectivity index (χ4v) is 2.70. The molecule has 0 aromatic rings. The summed E-state index contributed by atoms with van der Waals surface area (Å²) in [6, 6.07) is 0. The Morgan fingerprint density at radius 2 is 1.60 bits per heavy atom. The van der Waals surface area contributed by atoms with Crippen LogP contribution in [0.4, 0.5) is 0 Å². The van der Waals surface area contributed by atoms with Gasteiger partial charge in [0.2, 0.25) is 0 Å². The highest BCUT2D eigenvalue weighted by atomic mass is 14.5. The van der Waals surface area contributed by atoms with E-state index in [9.17, 15) is 0 Å². The van der Waals surface area contributed by atoms with Crippen LogP contribution < -0.4 is 0 Å². The molecule has 1 saturated carbocycles. The maximum atomic E-state index is 2.42. The Morgan fingerprint density at radius 1 is 1.10 bits per heavy atom. The van der Waals surface area contributed by atoms with Crippen molar-refractivity contribution in [2.45, 2.75) is 27.2 Å². The van der Waals surface area contributed by atoms with Crippen LogP contribution in [0.5, 0.6) is 0 Å². The maximum absolute atomic E-state index is 2.42. The van der Waals surface area contributed by atoms with E-state index in [-0.39, 0.29) is 0 Å². The van der Waals surface area contributed by atoms with E-state index in [0.29, 0.717) is 5.41 Å². The second-order valence-corrected chi connectivity index (χ2v) is 4.84. The third-order valence-corrected chi connectivity index (χ3v) is 3.07. The molecule has 2 bridgehead atoms. The summed E-state index contributed by atoms with van der Waals surface area (Å²) in [5.41, 5.74) is 0.539. The van der Waals surface area contributed by atoms with Crippen molar-refractivity contribution in [3.05, 3.63) is 12.2 Å².